The van der Waals surface area contributed by atoms with Crippen LogP contribution in [0.25, 0.3) is 0 Å². The molecule has 2 nitrogen and oxygen atoms in total. The zero-order valence-electron chi connectivity index (χ0n) is 10.0. The Morgan fingerprint density at radius 1 is 1.39 bits per heavy atom. The fraction of sp³-hybridized carbons (Fsp3) is 0.214. The number of nitrogens with one attached hydrogen (secondary N) is 1. The summed E-state index contributed by atoms with van der Waals surface area (Å²) in [6.45, 7) is 0. The first kappa shape index (κ1) is 13.5. The fourth-order valence-electron chi connectivity index (χ4n) is 1.91. The number of hydrogen-bond acceptors (Lipinski definition) is 2. The third kappa shape index (κ3) is 3.31. The van der Waals surface area contributed by atoms with Crippen molar-refractivity contribution in [3.63, 3.8) is 0 Å². The summed E-state index contributed by atoms with van der Waals surface area (Å²) in [6.07, 6.45) is 4.58. The zero-order chi connectivity index (χ0) is 13.0. The van der Waals surface area contributed by atoms with Crippen molar-refractivity contribution in [3.8, 4) is 0 Å². The molecule has 1 heterocycles. The molecule has 2 rings (SSSR count). The molecule has 0 fully saturated rings. The predicted molar refractivity (Wildman–Crippen MR) is 78.9 cm³/mol. The second kappa shape index (κ2) is 6.32. The number of likely N-dealkylation sites (N-methyl/N-ethyl adjacent to an activating group) is 1. The van der Waals surface area contributed by atoms with E-state index in [1.807, 2.05) is 37.5 Å². The zero-order valence-corrected chi connectivity index (χ0v) is 12.4. The largest absolute Gasteiger partial charge is 0.313 e. The highest BCUT2D eigenvalue weighted by atomic mass is 79.9. The molecule has 0 aliphatic rings. The molecule has 0 saturated carbocycles. The van der Waals surface area contributed by atoms with Gasteiger partial charge in [-0.1, -0.05) is 39.7 Å². The summed E-state index contributed by atoms with van der Waals surface area (Å²) in [5.41, 5.74) is 2.41. The van der Waals surface area contributed by atoms with Gasteiger partial charge in [0.1, 0.15) is 0 Å². The maximum absolute atomic E-state index is 5.96. The monoisotopic (exact) mass is 324 g/mol. The Balaban J connectivity index is 2.23. The number of halogens is 2. The minimum Gasteiger partial charge on any atom is -0.313 e. The summed E-state index contributed by atoms with van der Waals surface area (Å²) < 4.78 is 1.03. The van der Waals surface area contributed by atoms with Crippen molar-refractivity contribution in [2.45, 2.75) is 12.5 Å². The standard InChI is InChI=1S/C14H14BrClN2/c1-17-14(7-10-3-2-6-18-9-10)12-5-4-11(16)8-13(12)15/h2-6,8-9,14,17H,7H2,1H3. The van der Waals surface area contributed by atoms with Gasteiger partial charge in [-0.25, -0.2) is 0 Å². The van der Waals surface area contributed by atoms with E-state index in [1.54, 1.807) is 6.20 Å². The molecule has 2 aromatic rings. The van der Waals surface area contributed by atoms with Gasteiger partial charge in [-0.2, -0.15) is 0 Å². The molecule has 1 aromatic heterocycles. The van der Waals surface area contributed by atoms with Crippen molar-refractivity contribution in [2.75, 3.05) is 7.05 Å². The third-order valence-corrected chi connectivity index (χ3v) is 3.77. The molecule has 0 aliphatic carbocycles. The van der Waals surface area contributed by atoms with E-state index >= 15 is 0 Å². The summed E-state index contributed by atoms with van der Waals surface area (Å²) in [6, 6.07) is 10.2. The second-order valence-electron chi connectivity index (χ2n) is 4.07. The molecule has 0 saturated heterocycles. The van der Waals surface area contributed by atoms with Crippen molar-refractivity contribution in [1.29, 1.82) is 0 Å². The summed E-state index contributed by atoms with van der Waals surface area (Å²) in [7, 11) is 1.96. The van der Waals surface area contributed by atoms with E-state index < -0.39 is 0 Å². The van der Waals surface area contributed by atoms with E-state index in [1.165, 1.54) is 11.1 Å². The summed E-state index contributed by atoms with van der Waals surface area (Å²) in [5, 5.41) is 4.06. The molecule has 0 spiro atoms. The molecule has 18 heavy (non-hydrogen) atoms. The maximum atomic E-state index is 5.96. The van der Waals surface area contributed by atoms with E-state index in [-0.39, 0.29) is 6.04 Å². The third-order valence-electron chi connectivity index (χ3n) is 2.85. The number of nitrogens with zero attached hydrogens (tertiary/aromatic N) is 1. The highest BCUT2D eigenvalue weighted by Crippen LogP contribution is 2.28. The first-order valence-electron chi connectivity index (χ1n) is 5.72. The Morgan fingerprint density at radius 2 is 2.22 bits per heavy atom. The predicted octanol–water partition coefficient (Wildman–Crippen LogP) is 4.00. The smallest absolute Gasteiger partial charge is 0.0417 e. The van der Waals surface area contributed by atoms with Crippen LogP contribution in [-0.4, -0.2) is 12.0 Å². The van der Waals surface area contributed by atoms with Gasteiger partial charge in [-0.3, -0.25) is 4.98 Å². The van der Waals surface area contributed by atoms with E-state index in [0.29, 0.717) is 0 Å². The van der Waals surface area contributed by atoms with Crippen LogP contribution >= 0.6 is 27.5 Å². The van der Waals surface area contributed by atoms with Crippen LogP contribution in [0.1, 0.15) is 17.2 Å². The van der Waals surface area contributed by atoms with Crippen LogP contribution in [0.3, 0.4) is 0 Å². The number of rotatable bonds is 4. The minimum atomic E-state index is 0.237. The maximum Gasteiger partial charge on any atom is 0.0417 e. The molecule has 1 N–H and O–H groups in total. The van der Waals surface area contributed by atoms with Gasteiger partial charge in [0, 0.05) is 27.9 Å². The van der Waals surface area contributed by atoms with E-state index in [4.69, 9.17) is 11.6 Å². The van der Waals surface area contributed by atoms with Gasteiger partial charge in [-0.15, -0.1) is 0 Å². The highest BCUT2D eigenvalue weighted by Gasteiger charge is 2.13. The van der Waals surface area contributed by atoms with Gasteiger partial charge < -0.3 is 5.32 Å². The van der Waals surface area contributed by atoms with Crippen LogP contribution in [-0.2, 0) is 6.42 Å². The molecular formula is C14H14BrClN2. The van der Waals surface area contributed by atoms with Crippen molar-refractivity contribution in [3.05, 3.63) is 63.3 Å². The Morgan fingerprint density at radius 3 is 2.83 bits per heavy atom. The highest BCUT2D eigenvalue weighted by molar-refractivity contribution is 9.10. The van der Waals surface area contributed by atoms with Crippen molar-refractivity contribution in [1.82, 2.24) is 10.3 Å². The lowest BCUT2D eigenvalue weighted by Crippen LogP contribution is -2.19. The second-order valence-corrected chi connectivity index (χ2v) is 5.36. The molecular weight excluding hydrogens is 312 g/mol. The topological polar surface area (TPSA) is 24.9 Å². The quantitative estimate of drug-likeness (QED) is 0.919. The minimum absolute atomic E-state index is 0.237. The number of pyridine rings is 1. The summed E-state index contributed by atoms with van der Waals surface area (Å²) in [5.74, 6) is 0. The van der Waals surface area contributed by atoms with Crippen molar-refractivity contribution < 1.29 is 0 Å². The average Bonchev–Trinajstić information content (AvgIpc) is 2.38. The average molecular weight is 326 g/mol. The van der Waals surface area contributed by atoms with Gasteiger partial charge in [0.25, 0.3) is 0 Å². The lowest BCUT2D eigenvalue weighted by molar-refractivity contribution is 0.589. The number of hydrogen-bond donors (Lipinski definition) is 1. The lowest BCUT2D eigenvalue weighted by Gasteiger charge is -2.18. The molecule has 0 radical (unpaired) electrons. The van der Waals surface area contributed by atoms with E-state index in [2.05, 4.69) is 32.3 Å². The van der Waals surface area contributed by atoms with Crippen LogP contribution in [0.2, 0.25) is 5.02 Å². The van der Waals surface area contributed by atoms with Crippen LogP contribution in [0, 0.1) is 0 Å². The van der Waals surface area contributed by atoms with E-state index in [0.717, 1.165) is 15.9 Å². The molecule has 1 atom stereocenters. The Labute approximate surface area is 121 Å². The van der Waals surface area contributed by atoms with Crippen molar-refractivity contribution >= 4 is 27.5 Å². The molecule has 1 aromatic carbocycles. The summed E-state index contributed by atoms with van der Waals surface area (Å²) in [4.78, 5) is 4.14. The van der Waals surface area contributed by atoms with E-state index in [9.17, 15) is 0 Å². The van der Waals surface area contributed by atoms with Crippen molar-refractivity contribution in [2.24, 2.45) is 0 Å². The molecule has 1 unspecified atom stereocenters. The van der Waals surface area contributed by atoms with Crippen LogP contribution in [0.4, 0.5) is 0 Å². The number of aromatic nitrogens is 1. The summed E-state index contributed by atoms with van der Waals surface area (Å²) >= 11 is 9.53. The van der Waals surface area contributed by atoms with Crippen LogP contribution in [0.5, 0.6) is 0 Å². The van der Waals surface area contributed by atoms with Gasteiger partial charge in [-0.05, 0) is 42.8 Å². The first-order valence-corrected chi connectivity index (χ1v) is 6.89. The normalized spacial score (nSPS) is 12.4. The molecule has 0 amide bonds. The van der Waals surface area contributed by atoms with Crippen LogP contribution < -0.4 is 5.32 Å². The van der Waals surface area contributed by atoms with Gasteiger partial charge in [0.2, 0.25) is 0 Å². The fourth-order valence-corrected chi connectivity index (χ4v) is 2.87. The van der Waals surface area contributed by atoms with Gasteiger partial charge in [0.15, 0.2) is 0 Å². The van der Waals surface area contributed by atoms with Crippen LogP contribution in [0.15, 0.2) is 47.2 Å². The molecule has 0 bridgehead atoms. The SMILES string of the molecule is CNC(Cc1cccnc1)c1ccc(Cl)cc1Br. The molecule has 94 valence electrons. The lowest BCUT2D eigenvalue weighted by atomic mass is 10.00. The Bertz CT molecular complexity index is 516. The molecule has 4 heteroatoms. The number of benzene rings is 1. The van der Waals surface area contributed by atoms with Gasteiger partial charge in [0.05, 0.1) is 0 Å². The van der Waals surface area contributed by atoms with Gasteiger partial charge >= 0.3 is 0 Å². The Kier molecular flexibility index (Phi) is 4.75. The Hall–Kier alpha value is -0.900. The first-order chi connectivity index (χ1) is 8.70. The molecule has 0 aliphatic heterocycles.